The number of carbonyl (C=O) groups is 1. The van der Waals surface area contributed by atoms with Crippen LogP contribution in [0.15, 0.2) is 89.4 Å². The van der Waals surface area contributed by atoms with Crippen LogP contribution in [0.25, 0.3) is 33.1 Å². The fourth-order valence-electron chi connectivity index (χ4n) is 4.02. The molecule has 0 fully saturated rings. The molecule has 0 spiro atoms. The zero-order valence-corrected chi connectivity index (χ0v) is 18.2. The van der Waals surface area contributed by atoms with Crippen LogP contribution in [0.1, 0.15) is 30.2 Å². The van der Waals surface area contributed by atoms with Crippen molar-refractivity contribution in [2.24, 2.45) is 10.2 Å². The molecule has 3 aromatic heterocycles. The third-order valence-electron chi connectivity index (χ3n) is 5.52. The standard InChI is InChI=1S/C26H21N5O2/c1-16(2)31-23-12-6-4-10-19(23)24(26(31)33)29-30-25(32)20-14-22(17-8-7-13-27-15-17)28-21-11-5-3-9-18(20)21/h3-16,33H,1-2H3. The van der Waals surface area contributed by atoms with E-state index >= 15 is 0 Å². The lowest BCUT2D eigenvalue weighted by Crippen LogP contribution is -1.99. The molecule has 1 N–H and O–H groups in total. The van der Waals surface area contributed by atoms with Gasteiger partial charge in [0, 0.05) is 34.8 Å². The first-order chi connectivity index (χ1) is 16.0. The van der Waals surface area contributed by atoms with Crippen molar-refractivity contribution in [1.29, 1.82) is 0 Å². The van der Waals surface area contributed by atoms with Gasteiger partial charge in [-0.2, -0.15) is 0 Å². The van der Waals surface area contributed by atoms with Crippen LogP contribution in [0.5, 0.6) is 5.88 Å². The Kier molecular flexibility index (Phi) is 5.14. The van der Waals surface area contributed by atoms with Crippen LogP contribution in [0.2, 0.25) is 0 Å². The topological polar surface area (TPSA) is 92.7 Å². The monoisotopic (exact) mass is 435 g/mol. The Labute approximate surface area is 190 Å². The molecule has 0 aliphatic heterocycles. The van der Waals surface area contributed by atoms with Crippen molar-refractivity contribution < 1.29 is 9.90 Å². The van der Waals surface area contributed by atoms with Gasteiger partial charge in [-0.1, -0.05) is 36.4 Å². The molecule has 0 saturated carbocycles. The minimum atomic E-state index is -0.514. The van der Waals surface area contributed by atoms with Gasteiger partial charge >= 0.3 is 0 Å². The molecule has 162 valence electrons. The average Bonchev–Trinajstić information content (AvgIpc) is 3.13. The predicted molar refractivity (Wildman–Crippen MR) is 128 cm³/mol. The second kappa shape index (κ2) is 8.27. The van der Waals surface area contributed by atoms with E-state index in [-0.39, 0.29) is 17.6 Å². The zero-order chi connectivity index (χ0) is 22.9. The van der Waals surface area contributed by atoms with Crippen LogP contribution in [0, 0.1) is 0 Å². The number of carbonyl (C=O) groups excluding carboxylic acids is 1. The van der Waals surface area contributed by atoms with E-state index in [9.17, 15) is 9.90 Å². The lowest BCUT2D eigenvalue weighted by molar-refractivity contribution is 0.0996. The lowest BCUT2D eigenvalue weighted by Gasteiger charge is -2.10. The summed E-state index contributed by atoms with van der Waals surface area (Å²) >= 11 is 0. The Hall–Kier alpha value is -4.39. The van der Waals surface area contributed by atoms with Gasteiger partial charge in [-0.25, -0.2) is 4.98 Å². The minimum Gasteiger partial charge on any atom is -0.493 e. The number of benzene rings is 2. The number of pyridine rings is 2. The molecule has 0 bridgehead atoms. The predicted octanol–water partition coefficient (Wildman–Crippen LogP) is 6.46. The molecular formula is C26H21N5O2. The van der Waals surface area contributed by atoms with Gasteiger partial charge in [0.1, 0.15) is 0 Å². The third kappa shape index (κ3) is 3.63. The maximum Gasteiger partial charge on any atom is 0.296 e. The van der Waals surface area contributed by atoms with Crippen molar-refractivity contribution in [3.05, 3.63) is 84.7 Å². The van der Waals surface area contributed by atoms with Crippen LogP contribution in [0.4, 0.5) is 5.69 Å². The van der Waals surface area contributed by atoms with Gasteiger partial charge in [0.2, 0.25) is 5.88 Å². The number of amides is 1. The maximum atomic E-state index is 13.2. The largest absolute Gasteiger partial charge is 0.493 e. The summed E-state index contributed by atoms with van der Waals surface area (Å²) in [6.07, 6.45) is 3.39. The number of fused-ring (bicyclic) bond motifs is 2. The van der Waals surface area contributed by atoms with E-state index in [1.807, 2.05) is 74.5 Å². The SMILES string of the molecule is CC(C)n1c(O)c(N=NC(=O)c2cc(-c3cccnc3)nc3ccccc23)c2ccccc21. The lowest BCUT2D eigenvalue weighted by atomic mass is 10.0. The highest BCUT2D eigenvalue weighted by atomic mass is 16.3. The molecule has 0 saturated heterocycles. The van der Waals surface area contributed by atoms with Gasteiger partial charge in [0.25, 0.3) is 5.91 Å². The summed E-state index contributed by atoms with van der Waals surface area (Å²) in [5.41, 5.74) is 3.59. The Morgan fingerprint density at radius 2 is 1.76 bits per heavy atom. The number of hydrogen-bond acceptors (Lipinski definition) is 5. The molecule has 0 aliphatic carbocycles. The molecule has 3 heterocycles. The number of para-hydroxylation sites is 2. The van der Waals surface area contributed by atoms with E-state index in [0.29, 0.717) is 22.2 Å². The summed E-state index contributed by atoms with van der Waals surface area (Å²) in [6, 6.07) is 20.4. The second-order valence-corrected chi connectivity index (χ2v) is 7.97. The van der Waals surface area contributed by atoms with E-state index in [1.165, 1.54) is 0 Å². The van der Waals surface area contributed by atoms with Crippen LogP contribution >= 0.6 is 0 Å². The van der Waals surface area contributed by atoms with E-state index in [2.05, 4.69) is 20.2 Å². The number of aromatic hydroxyl groups is 1. The van der Waals surface area contributed by atoms with Crippen molar-refractivity contribution in [2.75, 3.05) is 0 Å². The van der Waals surface area contributed by atoms with E-state index in [4.69, 9.17) is 0 Å². The molecule has 5 rings (SSSR count). The van der Waals surface area contributed by atoms with Gasteiger partial charge in [-0.15, -0.1) is 10.2 Å². The summed E-state index contributed by atoms with van der Waals surface area (Å²) in [5.74, 6) is -0.530. The first-order valence-corrected chi connectivity index (χ1v) is 10.6. The van der Waals surface area contributed by atoms with Crippen molar-refractivity contribution in [3.63, 3.8) is 0 Å². The number of aromatic nitrogens is 3. The molecule has 33 heavy (non-hydrogen) atoms. The minimum absolute atomic E-state index is 0.0146. The number of azo groups is 1. The number of hydrogen-bond donors (Lipinski definition) is 1. The normalized spacial score (nSPS) is 11.7. The Morgan fingerprint density at radius 1 is 1.00 bits per heavy atom. The average molecular weight is 435 g/mol. The molecule has 2 aromatic carbocycles. The molecule has 1 amide bonds. The molecule has 7 nitrogen and oxygen atoms in total. The molecule has 0 radical (unpaired) electrons. The molecule has 7 heteroatoms. The fraction of sp³-hybridized carbons (Fsp3) is 0.115. The van der Waals surface area contributed by atoms with Crippen molar-refractivity contribution in [1.82, 2.24) is 14.5 Å². The van der Waals surface area contributed by atoms with E-state index < -0.39 is 5.91 Å². The fourth-order valence-corrected chi connectivity index (χ4v) is 4.02. The van der Waals surface area contributed by atoms with Crippen LogP contribution in [-0.2, 0) is 0 Å². The quantitative estimate of drug-likeness (QED) is 0.328. The highest BCUT2D eigenvalue weighted by Crippen LogP contribution is 2.41. The van der Waals surface area contributed by atoms with Crippen LogP contribution in [0.3, 0.4) is 0 Å². The maximum absolute atomic E-state index is 13.2. The van der Waals surface area contributed by atoms with Crippen LogP contribution in [-0.4, -0.2) is 25.5 Å². The van der Waals surface area contributed by atoms with Crippen molar-refractivity contribution in [3.8, 4) is 17.1 Å². The van der Waals surface area contributed by atoms with Crippen LogP contribution < -0.4 is 0 Å². The van der Waals surface area contributed by atoms with Gasteiger partial charge in [0.15, 0.2) is 5.69 Å². The zero-order valence-electron chi connectivity index (χ0n) is 18.2. The number of nitrogens with zero attached hydrogens (tertiary/aromatic N) is 5. The number of rotatable bonds is 4. The summed E-state index contributed by atoms with van der Waals surface area (Å²) in [6.45, 7) is 3.95. The molecular weight excluding hydrogens is 414 g/mol. The van der Waals surface area contributed by atoms with E-state index in [1.54, 1.807) is 23.0 Å². The van der Waals surface area contributed by atoms with Gasteiger partial charge in [0.05, 0.1) is 22.3 Å². The third-order valence-corrected chi connectivity index (χ3v) is 5.52. The Morgan fingerprint density at radius 3 is 2.52 bits per heavy atom. The van der Waals surface area contributed by atoms with Crippen molar-refractivity contribution >= 4 is 33.4 Å². The summed E-state index contributed by atoms with van der Waals surface area (Å²) in [7, 11) is 0. The second-order valence-electron chi connectivity index (χ2n) is 7.97. The molecule has 5 aromatic rings. The highest BCUT2D eigenvalue weighted by molar-refractivity contribution is 6.07. The summed E-state index contributed by atoms with van der Waals surface area (Å²) < 4.78 is 1.77. The smallest absolute Gasteiger partial charge is 0.296 e. The summed E-state index contributed by atoms with van der Waals surface area (Å²) in [5, 5.41) is 20.4. The summed E-state index contributed by atoms with van der Waals surface area (Å²) in [4.78, 5) is 22.0. The molecule has 0 aliphatic rings. The molecule has 0 unspecified atom stereocenters. The van der Waals surface area contributed by atoms with Gasteiger partial charge in [-0.3, -0.25) is 9.78 Å². The Bertz CT molecular complexity index is 1520. The van der Waals surface area contributed by atoms with E-state index in [0.717, 1.165) is 16.5 Å². The van der Waals surface area contributed by atoms with Crippen molar-refractivity contribution in [2.45, 2.75) is 19.9 Å². The first kappa shape index (κ1) is 20.5. The first-order valence-electron chi connectivity index (χ1n) is 10.6. The molecule has 0 atom stereocenters. The highest BCUT2D eigenvalue weighted by Gasteiger charge is 2.19. The van der Waals surface area contributed by atoms with Gasteiger partial charge < -0.3 is 9.67 Å². The Balaban J connectivity index is 1.62. The van der Waals surface area contributed by atoms with Gasteiger partial charge in [-0.05, 0) is 44.2 Å².